The molecule has 4 nitrogen and oxygen atoms in total. The van der Waals surface area contributed by atoms with Crippen LogP contribution in [0.25, 0.3) is 0 Å². The van der Waals surface area contributed by atoms with Gasteiger partial charge in [0.1, 0.15) is 11.6 Å². The number of amidine groups is 1. The lowest BCUT2D eigenvalue weighted by atomic mass is 9.69. The Bertz CT molecular complexity index is 320. The van der Waals surface area contributed by atoms with Crippen LogP contribution >= 0.6 is 0 Å². The molecular weight excluding hydrogens is 190 g/mol. The Morgan fingerprint density at radius 3 is 2.73 bits per heavy atom. The average Bonchev–Trinajstić information content (AvgIpc) is 2.45. The molecular formula is C11H19N3O. The van der Waals surface area contributed by atoms with Gasteiger partial charge in [-0.2, -0.15) is 5.10 Å². The van der Waals surface area contributed by atoms with Gasteiger partial charge in [-0.3, -0.25) is 4.79 Å². The number of hydrogen-bond acceptors (Lipinski definition) is 4. The van der Waals surface area contributed by atoms with E-state index in [0.717, 1.165) is 12.3 Å². The van der Waals surface area contributed by atoms with Gasteiger partial charge in [0.2, 0.25) is 0 Å². The smallest absolute Gasteiger partial charge is 0.146 e. The zero-order valence-corrected chi connectivity index (χ0v) is 9.87. The number of hydrazone groups is 1. The maximum atomic E-state index is 12.1. The summed E-state index contributed by atoms with van der Waals surface area (Å²) in [6, 6.07) is 0.207. The summed E-state index contributed by atoms with van der Waals surface area (Å²) in [4.78, 5) is 14.0. The van der Waals surface area contributed by atoms with Crippen LogP contribution in [0.15, 0.2) is 5.10 Å². The van der Waals surface area contributed by atoms with Gasteiger partial charge in [0.15, 0.2) is 0 Å². The van der Waals surface area contributed by atoms with Crippen LogP contribution in [0.3, 0.4) is 0 Å². The molecule has 15 heavy (non-hydrogen) atoms. The second-order valence-electron chi connectivity index (χ2n) is 5.59. The number of rotatable bonds is 0. The number of carbonyl (C=O) groups is 1. The molecule has 1 N–H and O–H groups in total. The van der Waals surface area contributed by atoms with Crippen molar-refractivity contribution in [3.8, 4) is 0 Å². The molecule has 0 saturated heterocycles. The monoisotopic (exact) mass is 209 g/mol. The van der Waals surface area contributed by atoms with Crippen molar-refractivity contribution in [1.82, 2.24) is 10.3 Å². The predicted molar refractivity (Wildman–Crippen MR) is 59.6 cm³/mol. The molecule has 2 aliphatic rings. The molecule has 2 rings (SSSR count). The van der Waals surface area contributed by atoms with Gasteiger partial charge in [-0.1, -0.05) is 13.8 Å². The normalized spacial score (nSPS) is 33.1. The summed E-state index contributed by atoms with van der Waals surface area (Å²) in [6.07, 6.45) is 1.69. The number of nitrogens with one attached hydrogen (secondary N) is 1. The average molecular weight is 209 g/mol. The first-order valence-corrected chi connectivity index (χ1v) is 5.44. The Balaban J connectivity index is 2.21. The quantitative estimate of drug-likeness (QED) is 0.643. The Labute approximate surface area is 90.7 Å². The molecule has 0 amide bonds. The molecule has 1 fully saturated rings. The van der Waals surface area contributed by atoms with Gasteiger partial charge in [-0.15, -0.1) is 0 Å². The third-order valence-electron chi connectivity index (χ3n) is 3.26. The molecule has 0 aromatic heterocycles. The molecule has 1 heterocycles. The van der Waals surface area contributed by atoms with Gasteiger partial charge in [-0.05, 0) is 11.8 Å². The van der Waals surface area contributed by atoms with E-state index < -0.39 is 0 Å². The third-order valence-corrected chi connectivity index (χ3v) is 3.26. The Morgan fingerprint density at radius 1 is 1.47 bits per heavy atom. The molecule has 1 aliphatic carbocycles. The number of ketones is 1. The first kappa shape index (κ1) is 10.5. The molecule has 0 unspecified atom stereocenters. The highest BCUT2D eigenvalue weighted by molar-refractivity contribution is 6.06. The minimum atomic E-state index is -0.0203. The van der Waals surface area contributed by atoms with Crippen molar-refractivity contribution in [3.05, 3.63) is 0 Å². The predicted octanol–water partition coefficient (Wildman–Crippen LogP) is 0.839. The van der Waals surface area contributed by atoms with Crippen LogP contribution in [-0.4, -0.2) is 36.7 Å². The molecule has 0 aromatic rings. The maximum absolute atomic E-state index is 12.1. The van der Waals surface area contributed by atoms with E-state index in [1.54, 1.807) is 0 Å². The lowest BCUT2D eigenvalue weighted by Gasteiger charge is -2.36. The molecule has 84 valence electrons. The second-order valence-corrected chi connectivity index (χ2v) is 5.59. The number of Topliss-reactive ketones (excluding diaryl/α,β-unsaturated/α-hetero) is 1. The highest BCUT2D eigenvalue weighted by atomic mass is 16.1. The number of nitrogens with zero attached hydrogens (tertiary/aromatic N) is 2. The van der Waals surface area contributed by atoms with Crippen LogP contribution in [0.1, 0.15) is 26.7 Å². The second kappa shape index (κ2) is 3.22. The van der Waals surface area contributed by atoms with Crippen LogP contribution in [-0.2, 0) is 4.79 Å². The van der Waals surface area contributed by atoms with E-state index >= 15 is 0 Å². The summed E-state index contributed by atoms with van der Waals surface area (Å²) in [5, 5.41) is 4.27. The zero-order chi connectivity index (χ0) is 11.2. The van der Waals surface area contributed by atoms with Gasteiger partial charge in [0, 0.05) is 20.5 Å². The summed E-state index contributed by atoms with van der Waals surface area (Å²) in [5.74, 6) is 1.20. The van der Waals surface area contributed by atoms with E-state index in [0.29, 0.717) is 12.2 Å². The number of carbonyl (C=O) groups excluding carboxylic acids is 1. The molecule has 1 aliphatic heterocycles. The van der Waals surface area contributed by atoms with E-state index in [-0.39, 0.29) is 17.4 Å². The first-order chi connectivity index (χ1) is 6.91. The van der Waals surface area contributed by atoms with Crippen molar-refractivity contribution in [3.63, 3.8) is 0 Å². The maximum Gasteiger partial charge on any atom is 0.146 e. The largest absolute Gasteiger partial charge is 0.364 e. The van der Waals surface area contributed by atoms with Crippen LogP contribution in [0.5, 0.6) is 0 Å². The van der Waals surface area contributed by atoms with Crippen molar-refractivity contribution in [2.24, 2.45) is 16.4 Å². The Kier molecular flexibility index (Phi) is 2.24. The summed E-state index contributed by atoms with van der Waals surface area (Å²) in [6.45, 7) is 4.30. The molecule has 0 spiro atoms. The topological polar surface area (TPSA) is 44.7 Å². The molecule has 0 aromatic carbocycles. The lowest BCUT2D eigenvalue weighted by molar-refractivity contribution is -0.126. The van der Waals surface area contributed by atoms with Gasteiger partial charge in [0.25, 0.3) is 0 Å². The van der Waals surface area contributed by atoms with Crippen molar-refractivity contribution in [2.75, 3.05) is 14.1 Å². The van der Waals surface area contributed by atoms with Crippen molar-refractivity contribution in [1.29, 1.82) is 0 Å². The van der Waals surface area contributed by atoms with Crippen molar-refractivity contribution in [2.45, 2.75) is 32.7 Å². The summed E-state index contributed by atoms with van der Waals surface area (Å²) >= 11 is 0. The highest BCUT2D eigenvalue weighted by Crippen LogP contribution is 2.38. The minimum Gasteiger partial charge on any atom is -0.364 e. The number of fused-ring (bicyclic) bond motifs is 1. The molecule has 4 heteroatoms. The Morgan fingerprint density at radius 2 is 2.13 bits per heavy atom. The van der Waals surface area contributed by atoms with E-state index in [1.807, 2.05) is 19.0 Å². The van der Waals surface area contributed by atoms with Crippen molar-refractivity contribution < 1.29 is 4.79 Å². The fourth-order valence-electron chi connectivity index (χ4n) is 2.63. The van der Waals surface area contributed by atoms with Crippen LogP contribution in [0.4, 0.5) is 0 Å². The van der Waals surface area contributed by atoms with Crippen LogP contribution < -0.4 is 5.43 Å². The highest BCUT2D eigenvalue weighted by Gasteiger charge is 2.46. The summed E-state index contributed by atoms with van der Waals surface area (Å²) < 4.78 is 0. The van der Waals surface area contributed by atoms with E-state index in [9.17, 15) is 4.79 Å². The first-order valence-electron chi connectivity index (χ1n) is 5.44. The summed E-state index contributed by atoms with van der Waals surface area (Å²) in [7, 11) is 3.88. The van der Waals surface area contributed by atoms with Gasteiger partial charge < -0.3 is 10.3 Å². The van der Waals surface area contributed by atoms with Crippen LogP contribution in [0.2, 0.25) is 0 Å². The SMILES string of the molecule is CN(C)C1=NN[C@H]2CC(C)(C)CC(=O)[C@@H]12. The zero-order valence-electron chi connectivity index (χ0n) is 9.87. The van der Waals surface area contributed by atoms with E-state index in [2.05, 4.69) is 24.4 Å². The fourth-order valence-corrected chi connectivity index (χ4v) is 2.63. The van der Waals surface area contributed by atoms with Gasteiger partial charge in [-0.25, -0.2) is 0 Å². The van der Waals surface area contributed by atoms with Gasteiger partial charge in [0.05, 0.1) is 12.0 Å². The molecule has 2 atom stereocenters. The molecule has 1 saturated carbocycles. The molecule has 0 radical (unpaired) electrons. The van der Waals surface area contributed by atoms with Crippen molar-refractivity contribution >= 4 is 11.6 Å². The third kappa shape index (κ3) is 1.73. The van der Waals surface area contributed by atoms with Crippen LogP contribution in [0, 0.1) is 11.3 Å². The standard InChI is InChI=1S/C11H19N3O/c1-11(2)5-7-9(8(15)6-11)10(13-12-7)14(3)4/h7,9,12H,5-6H2,1-4H3/t7-,9-/m0/s1. The minimum absolute atomic E-state index is 0.0203. The number of hydrogen-bond donors (Lipinski definition) is 1. The van der Waals surface area contributed by atoms with E-state index in [1.165, 1.54) is 0 Å². The lowest BCUT2D eigenvalue weighted by Crippen LogP contribution is -2.47. The Hall–Kier alpha value is -1.06. The molecule has 0 bridgehead atoms. The summed E-state index contributed by atoms with van der Waals surface area (Å²) in [5.41, 5.74) is 3.22. The fraction of sp³-hybridized carbons (Fsp3) is 0.818. The van der Waals surface area contributed by atoms with Gasteiger partial charge >= 0.3 is 0 Å². The van der Waals surface area contributed by atoms with E-state index in [4.69, 9.17) is 0 Å².